The summed E-state index contributed by atoms with van der Waals surface area (Å²) in [6.07, 6.45) is 1.01. The van der Waals surface area contributed by atoms with Crippen LogP contribution >= 0.6 is 12.8 Å². The molecule has 25 heavy (non-hydrogen) atoms. The van der Waals surface area contributed by atoms with Crippen molar-refractivity contribution in [2.24, 2.45) is 11.1 Å². The van der Waals surface area contributed by atoms with Crippen LogP contribution in [0.15, 0.2) is 24.3 Å². The molecule has 140 valence electrons. The fourth-order valence-electron chi connectivity index (χ4n) is 2.80. The molecule has 0 aliphatic carbocycles. The van der Waals surface area contributed by atoms with Crippen LogP contribution in [0.25, 0.3) is 0 Å². The lowest BCUT2D eigenvalue weighted by molar-refractivity contribution is -0.142. The Balaban J connectivity index is 2.73. The van der Waals surface area contributed by atoms with E-state index in [1.807, 2.05) is 52.0 Å². The molecule has 1 amide bonds. The Morgan fingerprint density at radius 1 is 1.20 bits per heavy atom. The van der Waals surface area contributed by atoms with E-state index in [-0.39, 0.29) is 11.9 Å². The van der Waals surface area contributed by atoms with Gasteiger partial charge in [-0.3, -0.25) is 14.3 Å². The van der Waals surface area contributed by atoms with Crippen molar-refractivity contribution >= 4 is 30.4 Å². The molecule has 0 radical (unpaired) electrons. The lowest BCUT2D eigenvalue weighted by atomic mass is 9.80. The molecule has 1 unspecified atom stereocenters. The average molecular weight is 368 g/mol. The first kappa shape index (κ1) is 21.5. The van der Waals surface area contributed by atoms with E-state index in [1.54, 1.807) is 0 Å². The lowest BCUT2D eigenvalue weighted by Crippen LogP contribution is -2.42. The molecule has 1 aromatic carbocycles. The minimum atomic E-state index is -0.581. The third-order valence-electron chi connectivity index (χ3n) is 3.81. The second kappa shape index (κ2) is 8.69. The molecule has 0 aromatic heterocycles. The number of carbonyl (C=O) groups excluding carboxylic acids is 2. The molecule has 1 aromatic rings. The molecule has 0 saturated heterocycles. The highest BCUT2D eigenvalue weighted by Gasteiger charge is 2.32. The highest BCUT2D eigenvalue weighted by atomic mass is 32.1. The van der Waals surface area contributed by atoms with Crippen molar-refractivity contribution in [3.05, 3.63) is 29.8 Å². The van der Waals surface area contributed by atoms with Crippen LogP contribution in [0.2, 0.25) is 0 Å². The number of esters is 1. The summed E-state index contributed by atoms with van der Waals surface area (Å²) >= 11 is 3.95. The van der Waals surface area contributed by atoms with E-state index in [0.29, 0.717) is 18.5 Å². The number of nitrogens with one attached hydrogen (secondary N) is 2. The van der Waals surface area contributed by atoms with E-state index < -0.39 is 17.0 Å². The normalized spacial score (nSPS) is 13.2. The zero-order valence-corrected chi connectivity index (χ0v) is 16.4. The van der Waals surface area contributed by atoms with Crippen molar-refractivity contribution in [1.82, 2.24) is 4.72 Å². The maximum Gasteiger partial charge on any atom is 0.324 e. The van der Waals surface area contributed by atoms with Crippen molar-refractivity contribution in [1.29, 1.82) is 0 Å². The van der Waals surface area contributed by atoms with E-state index >= 15 is 0 Å². The number of anilines is 1. The van der Waals surface area contributed by atoms with E-state index in [4.69, 9.17) is 10.5 Å². The van der Waals surface area contributed by atoms with E-state index in [1.165, 1.54) is 7.11 Å². The van der Waals surface area contributed by atoms with Crippen LogP contribution in [0.5, 0.6) is 0 Å². The Labute approximate surface area is 155 Å². The highest BCUT2D eigenvalue weighted by Crippen LogP contribution is 2.28. The SMILES string of the molecule is COC(=O)C(Cc1ccc(NC(=O)C(C)(C)CC(C)(C)N)cc1)NS. The molecule has 4 N–H and O–H groups in total. The molecule has 6 nitrogen and oxygen atoms in total. The molecule has 0 spiro atoms. The number of rotatable bonds is 8. The van der Waals surface area contributed by atoms with Crippen molar-refractivity contribution in [2.75, 3.05) is 12.4 Å². The van der Waals surface area contributed by atoms with E-state index in [2.05, 4.69) is 22.9 Å². The minimum absolute atomic E-state index is 0.0803. The number of methoxy groups -OCH3 is 1. The van der Waals surface area contributed by atoms with Gasteiger partial charge in [-0.15, -0.1) is 0 Å². The van der Waals surface area contributed by atoms with Gasteiger partial charge in [0.25, 0.3) is 0 Å². The number of hydrogen-bond acceptors (Lipinski definition) is 6. The molecule has 1 rings (SSSR count). The number of hydrogen-bond donors (Lipinski definition) is 4. The minimum Gasteiger partial charge on any atom is -0.468 e. The molecule has 0 aliphatic rings. The first-order chi connectivity index (χ1) is 11.5. The quantitative estimate of drug-likeness (QED) is 0.418. The van der Waals surface area contributed by atoms with Crippen LogP contribution < -0.4 is 15.8 Å². The largest absolute Gasteiger partial charge is 0.468 e. The van der Waals surface area contributed by atoms with Crippen molar-refractivity contribution in [3.8, 4) is 0 Å². The molecule has 0 heterocycles. The second-order valence-electron chi connectivity index (χ2n) is 7.61. The third-order valence-corrected chi connectivity index (χ3v) is 4.12. The summed E-state index contributed by atoms with van der Waals surface area (Å²) in [4.78, 5) is 24.1. The van der Waals surface area contributed by atoms with Crippen molar-refractivity contribution < 1.29 is 14.3 Å². The maximum absolute atomic E-state index is 12.5. The van der Waals surface area contributed by atoms with Gasteiger partial charge in [0.2, 0.25) is 5.91 Å². The molecule has 7 heteroatoms. The Morgan fingerprint density at radius 2 is 1.76 bits per heavy atom. The third kappa shape index (κ3) is 7.05. The summed E-state index contributed by atoms with van der Waals surface area (Å²) in [5.74, 6) is -0.457. The van der Waals surface area contributed by atoms with Gasteiger partial charge in [-0.05, 0) is 44.4 Å². The van der Waals surface area contributed by atoms with Gasteiger partial charge in [-0.25, -0.2) is 0 Å². The number of benzene rings is 1. The average Bonchev–Trinajstić information content (AvgIpc) is 2.51. The zero-order chi connectivity index (χ0) is 19.3. The molecule has 0 fully saturated rings. The highest BCUT2D eigenvalue weighted by molar-refractivity contribution is 7.78. The Kier molecular flexibility index (Phi) is 7.46. The predicted molar refractivity (Wildman–Crippen MR) is 103 cm³/mol. The number of ether oxygens (including phenoxy) is 1. The van der Waals surface area contributed by atoms with Crippen LogP contribution in [0.4, 0.5) is 5.69 Å². The summed E-state index contributed by atoms with van der Waals surface area (Å²) in [6.45, 7) is 7.57. The van der Waals surface area contributed by atoms with Gasteiger partial charge in [0.05, 0.1) is 7.11 Å². The first-order valence-corrected chi connectivity index (χ1v) is 8.60. The molecule has 1 atom stereocenters. The number of thiol groups is 1. The van der Waals surface area contributed by atoms with Crippen LogP contribution in [0.3, 0.4) is 0 Å². The molecule has 0 aliphatic heterocycles. The second-order valence-corrected chi connectivity index (χ2v) is 7.87. The summed E-state index contributed by atoms with van der Waals surface area (Å²) in [6, 6.07) is 6.81. The van der Waals surface area contributed by atoms with Gasteiger partial charge < -0.3 is 15.8 Å². The zero-order valence-electron chi connectivity index (χ0n) is 15.6. The van der Waals surface area contributed by atoms with Gasteiger partial charge in [0.1, 0.15) is 6.04 Å². The van der Waals surface area contributed by atoms with Crippen LogP contribution in [0, 0.1) is 5.41 Å². The van der Waals surface area contributed by atoms with Gasteiger partial charge in [0, 0.05) is 16.6 Å². The van der Waals surface area contributed by atoms with E-state index in [9.17, 15) is 9.59 Å². The van der Waals surface area contributed by atoms with Gasteiger partial charge in [-0.1, -0.05) is 38.8 Å². The molecular weight excluding hydrogens is 338 g/mol. The van der Waals surface area contributed by atoms with Crippen LogP contribution in [-0.2, 0) is 20.7 Å². The van der Waals surface area contributed by atoms with Gasteiger partial charge in [-0.2, -0.15) is 0 Å². The Morgan fingerprint density at radius 3 is 2.20 bits per heavy atom. The lowest BCUT2D eigenvalue weighted by Gasteiger charge is -2.31. The van der Waals surface area contributed by atoms with Gasteiger partial charge >= 0.3 is 5.97 Å². The predicted octanol–water partition coefficient (Wildman–Crippen LogP) is 2.30. The number of carbonyl (C=O) groups is 2. The summed E-state index contributed by atoms with van der Waals surface area (Å²) in [5.41, 5.74) is 6.66. The van der Waals surface area contributed by atoms with Crippen LogP contribution in [-0.4, -0.2) is 30.6 Å². The fraction of sp³-hybridized carbons (Fsp3) is 0.556. The first-order valence-electron chi connectivity index (χ1n) is 8.15. The Bertz CT molecular complexity index is 595. The topological polar surface area (TPSA) is 93.5 Å². The summed E-state index contributed by atoms with van der Waals surface area (Å²) < 4.78 is 7.34. The summed E-state index contributed by atoms with van der Waals surface area (Å²) in [7, 11) is 1.34. The number of nitrogens with two attached hydrogens (primary N) is 1. The smallest absolute Gasteiger partial charge is 0.324 e. The summed E-state index contributed by atoms with van der Waals surface area (Å²) in [5, 5.41) is 2.92. The van der Waals surface area contributed by atoms with Gasteiger partial charge in [0.15, 0.2) is 0 Å². The monoisotopic (exact) mass is 367 g/mol. The van der Waals surface area contributed by atoms with Crippen molar-refractivity contribution in [2.45, 2.75) is 52.1 Å². The molecular formula is C18H29N3O3S. The standard InChI is InChI=1S/C18H29N3O3S/c1-17(2,11-18(3,4)19)16(23)20-13-8-6-12(7-9-13)10-14(21-25)15(22)24-5/h6-9,14,21,25H,10-11,19H2,1-5H3,(H,20,23). The van der Waals surface area contributed by atoms with E-state index in [0.717, 1.165) is 5.56 Å². The molecule has 0 bridgehead atoms. The molecule has 0 saturated carbocycles. The Hall–Kier alpha value is -1.57. The fourth-order valence-corrected chi connectivity index (χ4v) is 3.00. The van der Waals surface area contributed by atoms with Crippen LogP contribution in [0.1, 0.15) is 39.7 Å². The number of amides is 1. The van der Waals surface area contributed by atoms with Crippen molar-refractivity contribution in [3.63, 3.8) is 0 Å². The maximum atomic E-state index is 12.5.